The van der Waals surface area contributed by atoms with Crippen LogP contribution in [0.1, 0.15) is 6.92 Å². The smallest absolute Gasteiger partial charge is 0.237 e. The molecule has 0 radical (unpaired) electrons. The summed E-state index contributed by atoms with van der Waals surface area (Å²) in [6, 6.07) is 8.33. The molecule has 2 rings (SSSR count). The SMILES string of the molecule is C[C@H](Sc1nc(N)cc(N)n1)C(=O)Nc1ccc(Cl)cc1. The third-order valence-electron chi connectivity index (χ3n) is 2.51. The van der Waals surface area contributed by atoms with E-state index >= 15 is 0 Å². The largest absolute Gasteiger partial charge is 0.383 e. The fourth-order valence-corrected chi connectivity index (χ4v) is 2.43. The molecule has 2 aromatic rings. The van der Waals surface area contributed by atoms with Crippen molar-refractivity contribution in [1.29, 1.82) is 0 Å². The number of carbonyl (C=O) groups excluding carboxylic acids is 1. The standard InChI is InChI=1S/C13H14ClN5OS/c1-7(21-13-18-10(15)6-11(16)19-13)12(20)17-9-4-2-8(14)3-5-9/h2-7H,1H3,(H,17,20)(H4,15,16,18,19)/t7-/m0/s1. The highest BCUT2D eigenvalue weighted by atomic mass is 35.5. The maximum absolute atomic E-state index is 12.1. The fourth-order valence-electron chi connectivity index (χ4n) is 1.50. The number of rotatable bonds is 4. The van der Waals surface area contributed by atoms with Gasteiger partial charge in [-0.1, -0.05) is 23.4 Å². The van der Waals surface area contributed by atoms with Gasteiger partial charge >= 0.3 is 0 Å². The van der Waals surface area contributed by atoms with E-state index in [2.05, 4.69) is 15.3 Å². The van der Waals surface area contributed by atoms with Crippen molar-refractivity contribution in [3.05, 3.63) is 35.4 Å². The quantitative estimate of drug-likeness (QED) is 0.589. The Balaban J connectivity index is 2.00. The summed E-state index contributed by atoms with van der Waals surface area (Å²) in [5.74, 6) is 0.373. The Morgan fingerprint density at radius 2 is 1.81 bits per heavy atom. The summed E-state index contributed by atoms with van der Waals surface area (Å²) in [5, 5.41) is 3.36. The number of nitrogens with one attached hydrogen (secondary N) is 1. The van der Waals surface area contributed by atoms with Gasteiger partial charge in [-0.2, -0.15) is 0 Å². The molecule has 0 unspecified atom stereocenters. The van der Waals surface area contributed by atoms with E-state index in [1.165, 1.54) is 17.8 Å². The summed E-state index contributed by atoms with van der Waals surface area (Å²) >= 11 is 6.97. The first kappa shape index (κ1) is 15.4. The first-order valence-corrected chi connectivity index (χ1v) is 7.33. The van der Waals surface area contributed by atoms with E-state index in [1.54, 1.807) is 31.2 Å². The van der Waals surface area contributed by atoms with Crippen LogP contribution in [-0.2, 0) is 4.79 Å². The normalized spacial score (nSPS) is 11.9. The van der Waals surface area contributed by atoms with Crippen LogP contribution >= 0.6 is 23.4 Å². The van der Waals surface area contributed by atoms with Crippen molar-refractivity contribution in [2.24, 2.45) is 0 Å². The van der Waals surface area contributed by atoms with Crippen LogP contribution in [0.3, 0.4) is 0 Å². The number of nitrogens with two attached hydrogens (primary N) is 2. The molecule has 1 aromatic carbocycles. The summed E-state index contributed by atoms with van der Waals surface area (Å²) in [6.07, 6.45) is 0. The van der Waals surface area contributed by atoms with Gasteiger partial charge in [0.1, 0.15) is 11.6 Å². The van der Waals surface area contributed by atoms with Gasteiger partial charge in [-0.05, 0) is 31.2 Å². The predicted molar refractivity (Wildman–Crippen MR) is 86.3 cm³/mol. The molecule has 21 heavy (non-hydrogen) atoms. The molecule has 0 saturated carbocycles. The Morgan fingerprint density at radius 1 is 1.24 bits per heavy atom. The number of nitrogens with zero attached hydrogens (tertiary/aromatic N) is 2. The van der Waals surface area contributed by atoms with Crippen molar-refractivity contribution in [3.63, 3.8) is 0 Å². The van der Waals surface area contributed by atoms with E-state index in [9.17, 15) is 4.79 Å². The average molecular weight is 324 g/mol. The van der Waals surface area contributed by atoms with Crippen molar-refractivity contribution in [2.45, 2.75) is 17.3 Å². The second kappa shape index (κ2) is 6.64. The second-order valence-electron chi connectivity index (χ2n) is 4.26. The van der Waals surface area contributed by atoms with Gasteiger partial charge in [0.25, 0.3) is 0 Å². The van der Waals surface area contributed by atoms with Crippen LogP contribution in [0.25, 0.3) is 0 Å². The summed E-state index contributed by atoms with van der Waals surface area (Å²) in [6.45, 7) is 1.75. The van der Waals surface area contributed by atoms with Crippen molar-refractivity contribution in [2.75, 3.05) is 16.8 Å². The molecule has 1 atom stereocenters. The van der Waals surface area contributed by atoms with Crippen LogP contribution in [0.5, 0.6) is 0 Å². The molecule has 0 spiro atoms. The van der Waals surface area contributed by atoms with Crippen molar-refractivity contribution < 1.29 is 4.79 Å². The molecule has 110 valence electrons. The van der Waals surface area contributed by atoms with Crippen LogP contribution in [0, 0.1) is 0 Å². The van der Waals surface area contributed by atoms with Gasteiger partial charge in [0.2, 0.25) is 5.91 Å². The molecule has 1 amide bonds. The monoisotopic (exact) mass is 323 g/mol. The number of thioether (sulfide) groups is 1. The molecule has 8 heteroatoms. The van der Waals surface area contributed by atoms with Gasteiger partial charge in [0.15, 0.2) is 5.16 Å². The lowest BCUT2D eigenvalue weighted by atomic mass is 10.3. The number of carbonyl (C=O) groups is 1. The number of nitrogen functional groups attached to an aromatic ring is 2. The first-order chi connectivity index (χ1) is 9.94. The summed E-state index contributed by atoms with van der Waals surface area (Å²) < 4.78 is 0. The van der Waals surface area contributed by atoms with Crippen molar-refractivity contribution in [1.82, 2.24) is 9.97 Å². The van der Waals surface area contributed by atoms with Crippen LogP contribution < -0.4 is 16.8 Å². The van der Waals surface area contributed by atoms with Crippen LogP contribution in [0.2, 0.25) is 5.02 Å². The number of anilines is 3. The molecule has 0 saturated heterocycles. The zero-order valence-electron chi connectivity index (χ0n) is 11.2. The Morgan fingerprint density at radius 3 is 2.38 bits per heavy atom. The van der Waals surface area contributed by atoms with Crippen molar-refractivity contribution >= 4 is 46.6 Å². The maximum atomic E-state index is 12.1. The lowest BCUT2D eigenvalue weighted by Gasteiger charge is -2.11. The molecule has 0 aliphatic heterocycles. The molecule has 5 N–H and O–H groups in total. The average Bonchev–Trinajstić information content (AvgIpc) is 2.40. The third kappa shape index (κ3) is 4.51. The minimum absolute atomic E-state index is 0.174. The molecule has 0 aliphatic rings. The molecule has 0 bridgehead atoms. The van der Waals surface area contributed by atoms with Crippen LogP contribution in [0.15, 0.2) is 35.5 Å². The van der Waals surface area contributed by atoms with E-state index in [0.29, 0.717) is 15.9 Å². The van der Waals surface area contributed by atoms with Gasteiger partial charge < -0.3 is 16.8 Å². The van der Waals surface area contributed by atoms with E-state index in [1.807, 2.05) is 0 Å². The van der Waals surface area contributed by atoms with E-state index < -0.39 is 5.25 Å². The molecule has 1 heterocycles. The predicted octanol–water partition coefficient (Wildman–Crippen LogP) is 2.41. The zero-order valence-corrected chi connectivity index (χ0v) is 12.8. The highest BCUT2D eigenvalue weighted by Gasteiger charge is 2.16. The summed E-state index contributed by atoms with van der Waals surface area (Å²) in [5.41, 5.74) is 11.9. The van der Waals surface area contributed by atoms with Crippen molar-refractivity contribution in [3.8, 4) is 0 Å². The number of hydrogen-bond acceptors (Lipinski definition) is 6. The topological polar surface area (TPSA) is 107 Å². The van der Waals surface area contributed by atoms with E-state index in [0.717, 1.165) is 0 Å². The number of aromatic nitrogens is 2. The van der Waals surface area contributed by atoms with E-state index in [-0.39, 0.29) is 17.5 Å². The molecule has 1 aromatic heterocycles. The second-order valence-corrected chi connectivity index (χ2v) is 6.00. The number of amides is 1. The molecular weight excluding hydrogens is 310 g/mol. The minimum Gasteiger partial charge on any atom is -0.383 e. The summed E-state index contributed by atoms with van der Waals surface area (Å²) in [7, 11) is 0. The van der Waals surface area contributed by atoms with E-state index in [4.69, 9.17) is 23.1 Å². The minimum atomic E-state index is -0.401. The van der Waals surface area contributed by atoms with Crippen LogP contribution in [0.4, 0.5) is 17.3 Å². The van der Waals surface area contributed by atoms with Gasteiger partial charge in [-0.3, -0.25) is 4.79 Å². The first-order valence-electron chi connectivity index (χ1n) is 6.07. The highest BCUT2D eigenvalue weighted by Crippen LogP contribution is 2.23. The molecule has 0 fully saturated rings. The van der Waals surface area contributed by atoms with Crippen LogP contribution in [-0.4, -0.2) is 21.1 Å². The lowest BCUT2D eigenvalue weighted by Crippen LogP contribution is -2.22. The van der Waals surface area contributed by atoms with Gasteiger partial charge in [0, 0.05) is 16.8 Å². The lowest BCUT2D eigenvalue weighted by molar-refractivity contribution is -0.115. The Kier molecular flexibility index (Phi) is 4.87. The fraction of sp³-hybridized carbons (Fsp3) is 0.154. The number of hydrogen-bond donors (Lipinski definition) is 3. The Labute approximate surface area is 131 Å². The van der Waals surface area contributed by atoms with Gasteiger partial charge in [-0.15, -0.1) is 0 Å². The highest BCUT2D eigenvalue weighted by molar-refractivity contribution is 8.00. The van der Waals surface area contributed by atoms with Gasteiger partial charge in [-0.25, -0.2) is 9.97 Å². The molecule has 6 nitrogen and oxygen atoms in total. The molecular formula is C13H14ClN5OS. The Bertz CT molecular complexity index is 629. The van der Waals surface area contributed by atoms with Gasteiger partial charge in [0.05, 0.1) is 5.25 Å². The summed E-state index contributed by atoms with van der Waals surface area (Å²) in [4.78, 5) is 20.1. The Hall–Kier alpha value is -1.99. The number of halogens is 1. The molecule has 0 aliphatic carbocycles. The number of benzene rings is 1. The maximum Gasteiger partial charge on any atom is 0.237 e. The zero-order chi connectivity index (χ0) is 15.4. The third-order valence-corrected chi connectivity index (χ3v) is 3.72.